The van der Waals surface area contributed by atoms with Crippen LogP contribution >= 0.6 is 11.3 Å². The summed E-state index contributed by atoms with van der Waals surface area (Å²) >= 11 is 1.82. The zero-order valence-corrected chi connectivity index (χ0v) is 38.4. The first-order chi connectivity index (χ1) is 32.9. The molecular formula is C61H47N3O2S. The van der Waals surface area contributed by atoms with Crippen molar-refractivity contribution in [2.24, 2.45) is 5.92 Å². The van der Waals surface area contributed by atoms with Crippen molar-refractivity contribution in [3.05, 3.63) is 192 Å². The highest BCUT2D eigenvalue weighted by Gasteiger charge is 2.48. The number of benzene rings is 8. The van der Waals surface area contributed by atoms with Gasteiger partial charge in [0.1, 0.15) is 11.4 Å². The second kappa shape index (κ2) is 17.2. The average Bonchev–Trinajstić information content (AvgIpc) is 3.91. The van der Waals surface area contributed by atoms with Gasteiger partial charge in [-0.15, -0.1) is 11.3 Å². The molecule has 2 unspecified atom stereocenters. The summed E-state index contributed by atoms with van der Waals surface area (Å²) in [6.45, 7) is 4.40. The van der Waals surface area contributed by atoms with Crippen LogP contribution in [0, 0.1) is 28.6 Å². The van der Waals surface area contributed by atoms with Gasteiger partial charge >= 0.3 is 0 Å². The Hall–Kier alpha value is -7.77. The molecule has 0 saturated carbocycles. The van der Waals surface area contributed by atoms with E-state index in [9.17, 15) is 15.3 Å². The van der Waals surface area contributed by atoms with Crippen molar-refractivity contribution in [2.45, 2.75) is 58.0 Å². The number of fused-ring (bicyclic) bond motifs is 7. The molecule has 0 radical (unpaired) electrons. The van der Waals surface area contributed by atoms with Crippen LogP contribution in [-0.2, 0) is 5.60 Å². The Bertz CT molecular complexity index is 3590. The number of carbonyl (C=O) groups is 1. The van der Waals surface area contributed by atoms with Crippen LogP contribution < -0.4 is 4.74 Å². The second-order valence-electron chi connectivity index (χ2n) is 17.9. The van der Waals surface area contributed by atoms with E-state index >= 15 is 0 Å². The van der Waals surface area contributed by atoms with Gasteiger partial charge in [0.2, 0.25) is 0 Å². The number of hydrogen-bond acceptors (Lipinski definition) is 5. The third-order valence-corrected chi connectivity index (χ3v) is 15.2. The van der Waals surface area contributed by atoms with E-state index in [1.54, 1.807) is 0 Å². The van der Waals surface area contributed by atoms with E-state index in [2.05, 4.69) is 140 Å². The van der Waals surface area contributed by atoms with Crippen molar-refractivity contribution in [3.8, 4) is 57.0 Å². The summed E-state index contributed by atoms with van der Waals surface area (Å²) in [5.41, 5.74) is 9.80. The van der Waals surface area contributed by atoms with E-state index < -0.39 is 5.60 Å². The molecule has 5 nitrogen and oxygen atoms in total. The molecule has 0 saturated heterocycles. The molecule has 1 aliphatic heterocycles. The largest absolute Gasteiger partial charge is 0.480 e. The van der Waals surface area contributed by atoms with Crippen molar-refractivity contribution >= 4 is 59.1 Å². The molecule has 8 aromatic carbocycles. The van der Waals surface area contributed by atoms with Gasteiger partial charge in [-0.3, -0.25) is 4.79 Å². The summed E-state index contributed by atoms with van der Waals surface area (Å²) in [5.74, 6) is 0.659. The number of aromatic nitrogens is 1. The lowest BCUT2D eigenvalue weighted by atomic mass is 9.71. The fraction of sp³-hybridized carbons (Fsp3) is 0.164. The van der Waals surface area contributed by atoms with Crippen molar-refractivity contribution in [1.29, 1.82) is 10.5 Å². The van der Waals surface area contributed by atoms with Gasteiger partial charge in [0.15, 0.2) is 5.78 Å². The number of ether oxygens (including phenoxy) is 1. The Morgan fingerprint density at radius 3 is 2.01 bits per heavy atom. The van der Waals surface area contributed by atoms with Crippen LogP contribution in [0.4, 0.5) is 0 Å². The van der Waals surface area contributed by atoms with Crippen molar-refractivity contribution in [3.63, 3.8) is 0 Å². The molecule has 2 aromatic heterocycles. The van der Waals surface area contributed by atoms with E-state index in [1.165, 1.54) is 42.0 Å². The first kappa shape index (κ1) is 41.9. The van der Waals surface area contributed by atoms with Gasteiger partial charge in [0, 0.05) is 53.7 Å². The SMILES string of the molecule is CCCCCC(CC)C1(c2ccccc2)CC(=O)c2cccc(-c3cc(C#N)c(-c4ccc(-c5ccc6sc7cc8c9ccccc9n(-c9ccccc9)c8cc7c6c5)cc4)c(C#N)c3)c2O1. The van der Waals surface area contributed by atoms with Crippen LogP contribution in [0.15, 0.2) is 170 Å². The summed E-state index contributed by atoms with van der Waals surface area (Å²) in [6, 6.07) is 63.1. The summed E-state index contributed by atoms with van der Waals surface area (Å²) in [7, 11) is 0. The third kappa shape index (κ3) is 7.08. The van der Waals surface area contributed by atoms with Gasteiger partial charge in [0.25, 0.3) is 0 Å². The predicted octanol–water partition coefficient (Wildman–Crippen LogP) is 16.4. The number of para-hydroxylation sites is 3. The number of Topliss-reactive ketones (excluding diaryl/α,β-unsaturated/α-hetero) is 1. The van der Waals surface area contributed by atoms with Gasteiger partial charge in [-0.1, -0.05) is 142 Å². The summed E-state index contributed by atoms with van der Waals surface area (Å²) in [6.07, 6.45) is 5.35. The summed E-state index contributed by atoms with van der Waals surface area (Å²) < 4.78 is 12.1. The number of unbranched alkanes of at least 4 members (excludes halogenated alkanes) is 2. The lowest BCUT2D eigenvalue weighted by Crippen LogP contribution is -2.46. The van der Waals surface area contributed by atoms with Crippen LogP contribution in [0.5, 0.6) is 5.75 Å². The Morgan fingerprint density at radius 2 is 1.28 bits per heavy atom. The minimum atomic E-state index is -0.848. The molecule has 324 valence electrons. The van der Waals surface area contributed by atoms with E-state index in [-0.39, 0.29) is 18.1 Å². The number of carbonyl (C=O) groups excluding carboxylic acids is 1. The van der Waals surface area contributed by atoms with Gasteiger partial charge in [0.05, 0.1) is 46.3 Å². The fourth-order valence-corrected chi connectivity index (χ4v) is 11.9. The van der Waals surface area contributed by atoms with Crippen LogP contribution in [-0.4, -0.2) is 10.4 Å². The number of thiophene rings is 1. The number of ketones is 1. The van der Waals surface area contributed by atoms with Crippen LogP contribution in [0.25, 0.3) is 81.0 Å². The quantitative estimate of drug-likeness (QED) is 0.121. The zero-order valence-electron chi connectivity index (χ0n) is 37.6. The Balaban J connectivity index is 0.961. The number of hydrogen-bond donors (Lipinski definition) is 0. The van der Waals surface area contributed by atoms with Crippen LogP contribution in [0.3, 0.4) is 0 Å². The average molecular weight is 886 g/mol. The number of rotatable bonds is 11. The van der Waals surface area contributed by atoms with Crippen LogP contribution in [0.2, 0.25) is 0 Å². The Labute approximate surface area is 394 Å². The monoisotopic (exact) mass is 885 g/mol. The molecule has 3 heterocycles. The van der Waals surface area contributed by atoms with Crippen molar-refractivity contribution in [2.75, 3.05) is 0 Å². The highest BCUT2D eigenvalue weighted by atomic mass is 32.1. The van der Waals surface area contributed by atoms with E-state index in [0.29, 0.717) is 39.1 Å². The molecule has 1 aliphatic rings. The Kier molecular flexibility index (Phi) is 10.8. The van der Waals surface area contributed by atoms with Crippen LogP contribution in [0.1, 0.15) is 79.4 Å². The number of nitriles is 2. The van der Waals surface area contributed by atoms with Gasteiger partial charge in [-0.05, 0) is 101 Å². The molecule has 0 bridgehead atoms. The maximum atomic E-state index is 14.3. The minimum Gasteiger partial charge on any atom is -0.480 e. The lowest BCUT2D eigenvalue weighted by Gasteiger charge is -2.44. The van der Waals surface area contributed by atoms with Crippen molar-refractivity contribution < 1.29 is 9.53 Å². The van der Waals surface area contributed by atoms with Gasteiger partial charge in [-0.2, -0.15) is 10.5 Å². The smallest absolute Gasteiger partial charge is 0.170 e. The van der Waals surface area contributed by atoms with Gasteiger partial charge < -0.3 is 9.30 Å². The Morgan fingerprint density at radius 1 is 0.612 bits per heavy atom. The summed E-state index contributed by atoms with van der Waals surface area (Å²) in [4.78, 5) is 14.3. The van der Waals surface area contributed by atoms with E-state index in [0.717, 1.165) is 60.0 Å². The molecule has 0 fully saturated rings. The van der Waals surface area contributed by atoms with E-state index in [4.69, 9.17) is 4.74 Å². The highest BCUT2D eigenvalue weighted by Crippen LogP contribution is 2.51. The fourth-order valence-electron chi connectivity index (χ4n) is 10.8. The highest BCUT2D eigenvalue weighted by molar-refractivity contribution is 7.25. The van der Waals surface area contributed by atoms with Gasteiger partial charge in [-0.25, -0.2) is 0 Å². The molecule has 67 heavy (non-hydrogen) atoms. The van der Waals surface area contributed by atoms with Crippen molar-refractivity contribution in [1.82, 2.24) is 4.57 Å². The molecule has 6 heteroatoms. The lowest BCUT2D eigenvalue weighted by molar-refractivity contribution is -0.0153. The first-order valence-corrected chi connectivity index (χ1v) is 24.2. The molecule has 0 spiro atoms. The normalized spacial score (nSPS) is 15.1. The zero-order chi connectivity index (χ0) is 45.6. The third-order valence-electron chi connectivity index (χ3n) is 14.1. The molecule has 11 rings (SSSR count). The molecule has 0 N–H and O–H groups in total. The standard InChI is InChI=1S/C61H47N3O2S/c1-3-5-8-16-45(4-2)61(46-17-9-6-10-18-46)36-56(65)50-23-15-22-48(60(50)66-61)42-31-43(37-62)59(44(32-42)38-63)40-27-25-39(26-28-40)41-29-30-57-52(33-41)53-34-55-51(35-58(53)67-57)49-21-13-14-24-54(49)64(55)47-19-11-7-12-20-47/h6-7,9-15,17-35,45H,3-5,8,16,36H2,1-2H3. The maximum absolute atomic E-state index is 14.3. The minimum absolute atomic E-state index is 0.0362. The molecule has 0 aliphatic carbocycles. The molecular weight excluding hydrogens is 839 g/mol. The number of nitrogens with zero attached hydrogens (tertiary/aromatic N) is 3. The summed E-state index contributed by atoms with van der Waals surface area (Å²) in [5, 5.41) is 26.4. The second-order valence-corrected chi connectivity index (χ2v) is 18.9. The molecule has 0 amide bonds. The predicted molar refractivity (Wildman–Crippen MR) is 275 cm³/mol. The topological polar surface area (TPSA) is 78.8 Å². The van der Waals surface area contributed by atoms with E-state index in [1.807, 2.05) is 72.0 Å². The molecule has 2 atom stereocenters. The molecule has 10 aromatic rings. The first-order valence-electron chi connectivity index (χ1n) is 23.4. The maximum Gasteiger partial charge on any atom is 0.170 e.